The van der Waals surface area contributed by atoms with Crippen LogP contribution in [-0.2, 0) is 11.3 Å². The lowest BCUT2D eigenvalue weighted by molar-refractivity contribution is -0.384. The lowest BCUT2D eigenvalue weighted by Gasteiger charge is -2.23. The number of halogens is 1. The summed E-state index contributed by atoms with van der Waals surface area (Å²) < 4.78 is 2.09. The number of thioether (sulfide) groups is 1. The second kappa shape index (κ2) is 11.3. The number of amides is 1. The molecule has 0 bridgehead atoms. The summed E-state index contributed by atoms with van der Waals surface area (Å²) >= 11 is 7.11. The Bertz CT molecular complexity index is 889. The van der Waals surface area contributed by atoms with Gasteiger partial charge in [0.2, 0.25) is 5.91 Å². The molecule has 0 aliphatic rings. The Morgan fingerprint density at radius 1 is 1.37 bits per heavy atom. The van der Waals surface area contributed by atoms with E-state index in [1.165, 1.54) is 30.0 Å². The monoisotopic (exact) mass is 454 g/mol. The normalized spacial score (nSPS) is 12.2. The Balaban J connectivity index is 2.11. The van der Waals surface area contributed by atoms with Crippen LogP contribution in [0.2, 0.25) is 5.02 Å². The average Bonchev–Trinajstić information content (AvgIpc) is 3.08. The van der Waals surface area contributed by atoms with Crippen molar-refractivity contribution in [2.75, 3.05) is 25.2 Å². The van der Waals surface area contributed by atoms with E-state index >= 15 is 0 Å². The second-order valence-corrected chi connectivity index (χ2v) is 8.34. The summed E-state index contributed by atoms with van der Waals surface area (Å²) in [5.74, 6) is 0.717. The van der Waals surface area contributed by atoms with E-state index in [9.17, 15) is 14.9 Å². The van der Waals surface area contributed by atoms with E-state index < -0.39 is 4.92 Å². The van der Waals surface area contributed by atoms with Crippen molar-refractivity contribution in [2.24, 2.45) is 0 Å². The summed E-state index contributed by atoms with van der Waals surface area (Å²) in [6.45, 7) is 5.02. The lowest BCUT2D eigenvalue weighted by atomic mass is 10.2. The van der Waals surface area contributed by atoms with Crippen LogP contribution in [0, 0.1) is 10.1 Å². The first-order valence-corrected chi connectivity index (χ1v) is 11.1. The zero-order chi connectivity index (χ0) is 22.3. The molecular formula is C19H27ClN6O3S. The van der Waals surface area contributed by atoms with Crippen molar-refractivity contribution >= 4 is 40.6 Å². The summed E-state index contributed by atoms with van der Waals surface area (Å²) in [5.41, 5.74) is 0.0730. The van der Waals surface area contributed by atoms with E-state index in [2.05, 4.69) is 38.8 Å². The van der Waals surface area contributed by atoms with E-state index in [1.54, 1.807) is 0 Å². The second-order valence-electron chi connectivity index (χ2n) is 6.99. The van der Waals surface area contributed by atoms with Crippen LogP contribution in [0.25, 0.3) is 0 Å². The molecule has 0 radical (unpaired) electrons. The zero-order valence-corrected chi connectivity index (χ0v) is 19.2. The van der Waals surface area contributed by atoms with Gasteiger partial charge in [0, 0.05) is 18.3 Å². The summed E-state index contributed by atoms with van der Waals surface area (Å²) in [7, 11) is 4.02. The minimum absolute atomic E-state index is 0.0234. The predicted molar refractivity (Wildman–Crippen MR) is 119 cm³/mol. The SMILES string of the molecule is CCCCn1c(SCC(=O)Nc2ccc(Cl)c([N+](=O)[O-])c2)nnc1C(CC)N(C)C. The highest BCUT2D eigenvalue weighted by Crippen LogP contribution is 2.28. The van der Waals surface area contributed by atoms with Crippen molar-refractivity contribution in [3.05, 3.63) is 39.2 Å². The predicted octanol–water partition coefficient (Wildman–Crippen LogP) is 4.38. The van der Waals surface area contributed by atoms with Crippen molar-refractivity contribution < 1.29 is 9.72 Å². The van der Waals surface area contributed by atoms with Gasteiger partial charge in [-0.05, 0) is 39.1 Å². The number of nitrogens with one attached hydrogen (secondary N) is 1. The van der Waals surface area contributed by atoms with E-state index in [0.29, 0.717) is 10.8 Å². The van der Waals surface area contributed by atoms with Crippen LogP contribution in [0.1, 0.15) is 45.0 Å². The molecule has 0 aliphatic heterocycles. The Morgan fingerprint density at radius 2 is 2.10 bits per heavy atom. The number of benzene rings is 1. The number of carbonyl (C=O) groups excluding carboxylic acids is 1. The highest BCUT2D eigenvalue weighted by Gasteiger charge is 2.22. The minimum atomic E-state index is -0.584. The third-order valence-corrected chi connectivity index (χ3v) is 5.83. The molecule has 2 aromatic rings. The molecule has 2 rings (SSSR count). The molecule has 1 N–H and O–H groups in total. The number of hydrogen-bond acceptors (Lipinski definition) is 7. The van der Waals surface area contributed by atoms with Gasteiger partial charge in [-0.1, -0.05) is 43.6 Å². The molecule has 1 unspecified atom stereocenters. The number of nitro groups is 1. The summed E-state index contributed by atoms with van der Waals surface area (Å²) in [4.78, 5) is 24.9. The maximum atomic E-state index is 12.4. The van der Waals surface area contributed by atoms with Crippen molar-refractivity contribution in [1.82, 2.24) is 19.7 Å². The quantitative estimate of drug-likeness (QED) is 0.305. The highest BCUT2D eigenvalue weighted by molar-refractivity contribution is 7.99. The van der Waals surface area contributed by atoms with Crippen molar-refractivity contribution in [2.45, 2.75) is 50.9 Å². The molecule has 0 saturated heterocycles. The van der Waals surface area contributed by atoms with Crippen molar-refractivity contribution in [3.8, 4) is 0 Å². The molecule has 1 aromatic carbocycles. The molecule has 9 nitrogen and oxygen atoms in total. The van der Waals surface area contributed by atoms with Crippen LogP contribution < -0.4 is 5.32 Å². The van der Waals surface area contributed by atoms with Gasteiger partial charge in [0.25, 0.3) is 5.69 Å². The number of nitro benzene ring substituents is 1. The fourth-order valence-electron chi connectivity index (χ4n) is 3.02. The molecule has 1 atom stereocenters. The average molecular weight is 455 g/mol. The first kappa shape index (κ1) is 24.1. The summed E-state index contributed by atoms with van der Waals surface area (Å²) in [6.07, 6.45) is 2.93. The summed E-state index contributed by atoms with van der Waals surface area (Å²) in [5, 5.41) is 23.1. The van der Waals surface area contributed by atoms with Gasteiger partial charge in [0.1, 0.15) is 5.02 Å². The molecule has 30 heavy (non-hydrogen) atoms. The topological polar surface area (TPSA) is 106 Å². The van der Waals surface area contributed by atoms with Crippen LogP contribution in [0.3, 0.4) is 0 Å². The first-order chi connectivity index (χ1) is 14.3. The zero-order valence-electron chi connectivity index (χ0n) is 17.6. The van der Waals surface area contributed by atoms with Gasteiger partial charge in [-0.25, -0.2) is 0 Å². The van der Waals surface area contributed by atoms with Gasteiger partial charge >= 0.3 is 0 Å². The molecular weight excluding hydrogens is 428 g/mol. The smallest absolute Gasteiger partial charge is 0.289 e. The largest absolute Gasteiger partial charge is 0.325 e. The van der Waals surface area contributed by atoms with Gasteiger partial charge < -0.3 is 9.88 Å². The van der Waals surface area contributed by atoms with E-state index in [-0.39, 0.29) is 28.4 Å². The molecule has 164 valence electrons. The Kier molecular flexibility index (Phi) is 9.07. The molecule has 0 saturated carbocycles. The molecule has 1 aromatic heterocycles. The number of carbonyl (C=O) groups is 1. The van der Waals surface area contributed by atoms with Crippen LogP contribution in [0.4, 0.5) is 11.4 Å². The van der Waals surface area contributed by atoms with Crippen molar-refractivity contribution in [1.29, 1.82) is 0 Å². The van der Waals surface area contributed by atoms with Gasteiger partial charge in [-0.15, -0.1) is 10.2 Å². The maximum Gasteiger partial charge on any atom is 0.289 e. The van der Waals surface area contributed by atoms with Crippen LogP contribution in [0.5, 0.6) is 0 Å². The molecule has 1 heterocycles. The molecule has 0 spiro atoms. The van der Waals surface area contributed by atoms with E-state index in [1.807, 2.05) is 14.1 Å². The fourth-order valence-corrected chi connectivity index (χ4v) is 3.97. The summed E-state index contributed by atoms with van der Waals surface area (Å²) in [6, 6.07) is 4.31. The van der Waals surface area contributed by atoms with Crippen LogP contribution in [-0.4, -0.2) is 50.3 Å². The van der Waals surface area contributed by atoms with Crippen LogP contribution in [0.15, 0.2) is 23.4 Å². The lowest BCUT2D eigenvalue weighted by Crippen LogP contribution is -2.23. The van der Waals surface area contributed by atoms with Gasteiger partial charge in [-0.2, -0.15) is 0 Å². The molecule has 0 aliphatic carbocycles. The van der Waals surface area contributed by atoms with Gasteiger partial charge in [0.05, 0.1) is 16.7 Å². The van der Waals surface area contributed by atoms with E-state index in [0.717, 1.165) is 31.6 Å². The number of nitrogens with zero attached hydrogens (tertiary/aromatic N) is 5. The van der Waals surface area contributed by atoms with E-state index in [4.69, 9.17) is 11.6 Å². The Hall–Kier alpha value is -2.17. The number of unbranched alkanes of at least 4 members (excludes halogenated alkanes) is 1. The number of rotatable bonds is 11. The highest BCUT2D eigenvalue weighted by atomic mass is 35.5. The van der Waals surface area contributed by atoms with Gasteiger partial charge in [0.15, 0.2) is 11.0 Å². The Labute approximate surface area is 185 Å². The standard InChI is InChI=1S/C19H27ClN6O3S/c1-5-7-10-25-18(15(6-2)24(3)4)22-23-19(25)30-12-17(27)21-13-8-9-14(20)16(11-13)26(28)29/h8-9,11,15H,5-7,10,12H2,1-4H3,(H,21,27). The molecule has 0 fully saturated rings. The fraction of sp³-hybridized carbons (Fsp3) is 0.526. The number of aromatic nitrogens is 3. The number of hydrogen-bond donors (Lipinski definition) is 1. The maximum absolute atomic E-state index is 12.4. The third-order valence-electron chi connectivity index (χ3n) is 4.55. The van der Waals surface area contributed by atoms with Gasteiger partial charge in [-0.3, -0.25) is 19.8 Å². The molecule has 11 heteroatoms. The number of anilines is 1. The Morgan fingerprint density at radius 3 is 2.70 bits per heavy atom. The third kappa shape index (κ3) is 6.16. The first-order valence-electron chi connectivity index (χ1n) is 9.74. The minimum Gasteiger partial charge on any atom is -0.325 e. The van der Waals surface area contributed by atoms with Crippen LogP contribution >= 0.6 is 23.4 Å². The molecule has 1 amide bonds. The van der Waals surface area contributed by atoms with Crippen molar-refractivity contribution in [3.63, 3.8) is 0 Å².